The quantitative estimate of drug-likeness (QED) is 0.561. The average Bonchev–Trinajstić information content (AvgIpc) is 2.90. The van der Waals surface area contributed by atoms with Crippen LogP contribution < -0.4 is 5.32 Å². The first-order valence-electron chi connectivity index (χ1n) is 6.57. The van der Waals surface area contributed by atoms with Crippen molar-refractivity contribution >= 4 is 49.9 Å². The van der Waals surface area contributed by atoms with Gasteiger partial charge < -0.3 is 0 Å². The summed E-state index contributed by atoms with van der Waals surface area (Å²) < 4.78 is 0.931. The Morgan fingerprint density at radius 1 is 1.35 bits per heavy atom. The largest absolute Gasteiger partial charge is 0.298 e. The highest BCUT2D eigenvalue weighted by molar-refractivity contribution is 7.22. The third kappa shape index (κ3) is 3.01. The molecular formula is C15H10ClN3O3S. The van der Waals surface area contributed by atoms with Crippen LogP contribution in [0, 0.1) is 17.0 Å². The number of rotatable bonds is 3. The lowest BCUT2D eigenvalue weighted by Crippen LogP contribution is -2.13. The monoisotopic (exact) mass is 347 g/mol. The molecule has 3 rings (SSSR count). The molecule has 8 heteroatoms. The number of carbonyl (C=O) groups is 1. The lowest BCUT2D eigenvalue weighted by molar-refractivity contribution is -0.385. The molecule has 2 aromatic carbocycles. The van der Waals surface area contributed by atoms with Crippen molar-refractivity contribution in [3.8, 4) is 0 Å². The maximum Gasteiger partial charge on any atom is 0.282 e. The number of nitro benzene ring substituents is 1. The SMILES string of the molecule is Cc1cccc2sc(NC(=O)c3cc(Cl)ccc3[N+](=O)[O-])nc12. The summed E-state index contributed by atoms with van der Waals surface area (Å²) in [7, 11) is 0. The summed E-state index contributed by atoms with van der Waals surface area (Å²) in [5.41, 5.74) is 1.39. The Morgan fingerprint density at radius 3 is 2.83 bits per heavy atom. The summed E-state index contributed by atoms with van der Waals surface area (Å²) in [6.45, 7) is 1.93. The highest BCUT2D eigenvalue weighted by atomic mass is 35.5. The number of amides is 1. The molecule has 1 heterocycles. The average molecular weight is 348 g/mol. The van der Waals surface area contributed by atoms with Gasteiger partial charge in [0.05, 0.1) is 15.1 Å². The molecule has 0 radical (unpaired) electrons. The van der Waals surface area contributed by atoms with Crippen molar-refractivity contribution in [3.05, 3.63) is 62.7 Å². The molecule has 116 valence electrons. The topological polar surface area (TPSA) is 85.1 Å². The van der Waals surface area contributed by atoms with E-state index in [0.29, 0.717) is 5.13 Å². The normalized spacial score (nSPS) is 10.7. The van der Waals surface area contributed by atoms with E-state index in [1.54, 1.807) is 0 Å². The summed E-state index contributed by atoms with van der Waals surface area (Å²) >= 11 is 7.14. The maximum atomic E-state index is 12.3. The zero-order chi connectivity index (χ0) is 16.6. The smallest absolute Gasteiger partial charge is 0.282 e. The van der Waals surface area contributed by atoms with Crippen LogP contribution >= 0.6 is 22.9 Å². The number of aromatic nitrogens is 1. The molecule has 0 saturated carbocycles. The van der Waals surface area contributed by atoms with Crippen LogP contribution in [0.1, 0.15) is 15.9 Å². The van der Waals surface area contributed by atoms with Crippen LogP contribution in [0.3, 0.4) is 0 Å². The summed E-state index contributed by atoms with van der Waals surface area (Å²) in [6, 6.07) is 9.58. The minimum absolute atomic E-state index is 0.0986. The molecule has 6 nitrogen and oxygen atoms in total. The summed E-state index contributed by atoms with van der Waals surface area (Å²) in [4.78, 5) is 27.1. The number of thiazole rings is 1. The molecule has 0 aliphatic heterocycles. The predicted molar refractivity (Wildman–Crippen MR) is 90.4 cm³/mol. The molecular weight excluding hydrogens is 338 g/mol. The number of fused-ring (bicyclic) bond motifs is 1. The Bertz CT molecular complexity index is 939. The summed E-state index contributed by atoms with van der Waals surface area (Å²) in [5, 5.41) is 14.3. The van der Waals surface area contributed by atoms with Gasteiger partial charge in [-0.05, 0) is 30.7 Å². The van der Waals surface area contributed by atoms with E-state index in [0.717, 1.165) is 15.8 Å². The number of nitrogens with one attached hydrogen (secondary N) is 1. The van der Waals surface area contributed by atoms with Gasteiger partial charge in [0, 0.05) is 11.1 Å². The summed E-state index contributed by atoms with van der Waals surface area (Å²) in [6.07, 6.45) is 0. The van der Waals surface area contributed by atoms with E-state index in [1.807, 2.05) is 25.1 Å². The van der Waals surface area contributed by atoms with E-state index >= 15 is 0 Å². The molecule has 0 bridgehead atoms. The Labute approximate surface area is 139 Å². The number of anilines is 1. The van der Waals surface area contributed by atoms with Crippen LogP contribution in [0.25, 0.3) is 10.2 Å². The number of hydrogen-bond acceptors (Lipinski definition) is 5. The van der Waals surface area contributed by atoms with Crippen molar-refractivity contribution in [2.45, 2.75) is 6.92 Å². The van der Waals surface area contributed by atoms with Crippen molar-refractivity contribution in [3.63, 3.8) is 0 Å². The van der Waals surface area contributed by atoms with E-state index in [1.165, 1.54) is 29.5 Å². The van der Waals surface area contributed by atoms with Crippen LogP contribution in [-0.2, 0) is 0 Å². The first-order valence-corrected chi connectivity index (χ1v) is 7.76. The van der Waals surface area contributed by atoms with E-state index in [4.69, 9.17) is 11.6 Å². The molecule has 1 aromatic heterocycles. The molecule has 0 saturated heterocycles. The van der Waals surface area contributed by atoms with E-state index in [9.17, 15) is 14.9 Å². The third-order valence-corrected chi connectivity index (χ3v) is 4.41. The van der Waals surface area contributed by atoms with Crippen LogP contribution in [0.15, 0.2) is 36.4 Å². The standard InChI is InChI=1S/C15H10ClN3O3S/c1-8-3-2-4-12-13(8)17-15(23-12)18-14(20)10-7-9(16)5-6-11(10)19(21)22/h2-7H,1H3,(H,17,18,20). The van der Waals surface area contributed by atoms with Gasteiger partial charge in [0.1, 0.15) is 5.56 Å². The molecule has 0 aliphatic carbocycles. The molecule has 1 N–H and O–H groups in total. The lowest BCUT2D eigenvalue weighted by atomic mass is 10.1. The number of aryl methyl sites for hydroxylation is 1. The van der Waals surface area contributed by atoms with Gasteiger partial charge >= 0.3 is 0 Å². The second kappa shape index (κ2) is 5.94. The second-order valence-electron chi connectivity index (χ2n) is 4.81. The molecule has 0 unspecified atom stereocenters. The number of benzene rings is 2. The van der Waals surface area contributed by atoms with Crippen molar-refractivity contribution < 1.29 is 9.72 Å². The number of halogens is 1. The predicted octanol–water partition coefficient (Wildman–Crippen LogP) is 4.42. The molecule has 0 spiro atoms. The van der Waals surface area contributed by atoms with Crippen molar-refractivity contribution in [2.24, 2.45) is 0 Å². The van der Waals surface area contributed by atoms with Gasteiger partial charge in [-0.1, -0.05) is 35.1 Å². The number of para-hydroxylation sites is 1. The number of nitrogens with zero attached hydrogens (tertiary/aromatic N) is 2. The Hall–Kier alpha value is -2.51. The molecule has 23 heavy (non-hydrogen) atoms. The van der Waals surface area contributed by atoms with Gasteiger partial charge in [0.25, 0.3) is 11.6 Å². The minimum Gasteiger partial charge on any atom is -0.298 e. The number of nitro groups is 1. The Balaban J connectivity index is 1.96. The molecule has 0 aliphatic rings. The van der Waals surface area contributed by atoms with Gasteiger partial charge in [-0.2, -0.15) is 0 Å². The molecule has 0 fully saturated rings. The van der Waals surface area contributed by atoms with E-state index in [-0.39, 0.29) is 16.3 Å². The van der Waals surface area contributed by atoms with Crippen LogP contribution in [0.5, 0.6) is 0 Å². The molecule has 1 amide bonds. The Morgan fingerprint density at radius 2 is 2.13 bits per heavy atom. The highest BCUT2D eigenvalue weighted by Crippen LogP contribution is 2.29. The Kier molecular flexibility index (Phi) is 3.97. The van der Waals surface area contributed by atoms with Crippen molar-refractivity contribution in [1.82, 2.24) is 4.98 Å². The fraction of sp³-hybridized carbons (Fsp3) is 0.0667. The second-order valence-corrected chi connectivity index (χ2v) is 6.28. The zero-order valence-corrected chi connectivity index (χ0v) is 13.4. The van der Waals surface area contributed by atoms with Gasteiger partial charge in [-0.15, -0.1) is 0 Å². The van der Waals surface area contributed by atoms with Crippen molar-refractivity contribution in [2.75, 3.05) is 5.32 Å². The van der Waals surface area contributed by atoms with E-state index < -0.39 is 10.8 Å². The lowest BCUT2D eigenvalue weighted by Gasteiger charge is -2.03. The third-order valence-electron chi connectivity index (χ3n) is 3.24. The number of hydrogen-bond donors (Lipinski definition) is 1. The fourth-order valence-corrected chi connectivity index (χ4v) is 3.26. The highest BCUT2D eigenvalue weighted by Gasteiger charge is 2.21. The molecule has 3 aromatic rings. The maximum absolute atomic E-state index is 12.3. The van der Waals surface area contributed by atoms with Crippen LogP contribution in [0.4, 0.5) is 10.8 Å². The van der Waals surface area contributed by atoms with Crippen LogP contribution in [-0.4, -0.2) is 15.8 Å². The van der Waals surface area contributed by atoms with Gasteiger partial charge in [-0.3, -0.25) is 20.2 Å². The van der Waals surface area contributed by atoms with Crippen molar-refractivity contribution in [1.29, 1.82) is 0 Å². The fourth-order valence-electron chi connectivity index (χ4n) is 2.15. The molecule has 0 atom stereocenters. The van der Waals surface area contributed by atoms with Gasteiger partial charge in [0.2, 0.25) is 0 Å². The number of carbonyl (C=O) groups excluding carboxylic acids is 1. The first kappa shape index (κ1) is 15.4. The summed E-state index contributed by atoms with van der Waals surface area (Å²) in [5.74, 6) is -0.615. The van der Waals surface area contributed by atoms with Gasteiger partial charge in [0.15, 0.2) is 5.13 Å². The van der Waals surface area contributed by atoms with Gasteiger partial charge in [-0.25, -0.2) is 4.98 Å². The zero-order valence-electron chi connectivity index (χ0n) is 11.9. The first-order chi connectivity index (χ1) is 11.0. The minimum atomic E-state index is -0.617. The van der Waals surface area contributed by atoms with Crippen LogP contribution in [0.2, 0.25) is 5.02 Å². The van der Waals surface area contributed by atoms with E-state index in [2.05, 4.69) is 10.3 Å².